The van der Waals surface area contributed by atoms with Gasteiger partial charge in [0.05, 0.1) is 0 Å². The lowest BCUT2D eigenvalue weighted by atomic mass is 9.95. The van der Waals surface area contributed by atoms with Crippen LogP contribution in [0.5, 0.6) is 0 Å². The van der Waals surface area contributed by atoms with Crippen molar-refractivity contribution >= 4 is 0 Å². The van der Waals surface area contributed by atoms with Crippen molar-refractivity contribution in [2.75, 3.05) is 7.05 Å². The van der Waals surface area contributed by atoms with Gasteiger partial charge < -0.3 is 5.32 Å². The number of rotatable bonds is 3. The maximum absolute atomic E-state index is 13.2. The fourth-order valence-electron chi connectivity index (χ4n) is 2.69. The monoisotopic (exact) mass is 221 g/mol. The van der Waals surface area contributed by atoms with Crippen LogP contribution in [-0.4, -0.2) is 13.1 Å². The Bertz CT molecular complexity index is 362. The Balaban J connectivity index is 2.01. The summed E-state index contributed by atoms with van der Waals surface area (Å²) in [6.45, 7) is 2.07. The van der Waals surface area contributed by atoms with Crippen LogP contribution in [0.3, 0.4) is 0 Å². The molecule has 0 saturated heterocycles. The van der Waals surface area contributed by atoms with Gasteiger partial charge in [-0.05, 0) is 68.8 Å². The second kappa shape index (κ2) is 4.96. The normalized spacial score (nSPS) is 24.9. The highest BCUT2D eigenvalue weighted by Gasteiger charge is 2.23. The smallest absolute Gasteiger partial charge is 0.123 e. The maximum atomic E-state index is 13.2. The molecule has 0 aliphatic heterocycles. The fraction of sp³-hybridized carbons (Fsp3) is 0.571. The maximum Gasteiger partial charge on any atom is 0.123 e. The van der Waals surface area contributed by atoms with Crippen LogP contribution in [0.25, 0.3) is 0 Å². The van der Waals surface area contributed by atoms with E-state index in [-0.39, 0.29) is 5.82 Å². The van der Waals surface area contributed by atoms with E-state index < -0.39 is 0 Å². The lowest BCUT2D eigenvalue weighted by molar-refractivity contribution is 0.507. The van der Waals surface area contributed by atoms with Gasteiger partial charge in [0.2, 0.25) is 0 Å². The van der Waals surface area contributed by atoms with Crippen LogP contribution in [0.4, 0.5) is 4.39 Å². The topological polar surface area (TPSA) is 12.0 Å². The second-order valence-corrected chi connectivity index (χ2v) is 4.94. The molecule has 0 amide bonds. The molecule has 1 nitrogen and oxygen atoms in total. The number of hydrogen-bond donors (Lipinski definition) is 1. The summed E-state index contributed by atoms with van der Waals surface area (Å²) >= 11 is 0. The number of halogens is 1. The minimum atomic E-state index is -0.108. The second-order valence-electron chi connectivity index (χ2n) is 4.94. The summed E-state index contributed by atoms with van der Waals surface area (Å²) in [5, 5.41) is 3.33. The first kappa shape index (κ1) is 11.6. The van der Waals surface area contributed by atoms with Gasteiger partial charge in [0.15, 0.2) is 0 Å². The van der Waals surface area contributed by atoms with E-state index in [0.717, 1.165) is 12.3 Å². The van der Waals surface area contributed by atoms with Crippen LogP contribution in [0, 0.1) is 18.7 Å². The molecule has 1 aliphatic carbocycles. The molecule has 0 heterocycles. The minimum absolute atomic E-state index is 0.108. The molecule has 2 heteroatoms. The van der Waals surface area contributed by atoms with Crippen LogP contribution in [0.15, 0.2) is 18.2 Å². The summed E-state index contributed by atoms with van der Waals surface area (Å²) in [5.74, 6) is 0.613. The molecule has 2 rings (SSSR count). The number of benzene rings is 1. The van der Waals surface area contributed by atoms with Gasteiger partial charge in [0, 0.05) is 6.04 Å². The zero-order chi connectivity index (χ0) is 11.5. The molecule has 1 aromatic rings. The third-order valence-electron chi connectivity index (χ3n) is 3.77. The molecule has 1 aliphatic rings. The van der Waals surface area contributed by atoms with Gasteiger partial charge in [-0.1, -0.05) is 6.07 Å². The molecule has 1 saturated carbocycles. The average Bonchev–Trinajstić information content (AvgIpc) is 2.71. The largest absolute Gasteiger partial charge is 0.317 e. The highest BCUT2D eigenvalue weighted by Crippen LogP contribution is 2.29. The van der Waals surface area contributed by atoms with Crippen molar-refractivity contribution < 1.29 is 4.39 Å². The molecule has 2 atom stereocenters. The van der Waals surface area contributed by atoms with Crippen molar-refractivity contribution in [3.05, 3.63) is 35.1 Å². The van der Waals surface area contributed by atoms with Crippen LogP contribution < -0.4 is 5.32 Å². The van der Waals surface area contributed by atoms with Gasteiger partial charge in [-0.25, -0.2) is 4.39 Å². The highest BCUT2D eigenvalue weighted by molar-refractivity contribution is 5.27. The van der Waals surface area contributed by atoms with E-state index in [9.17, 15) is 4.39 Å². The molecule has 2 unspecified atom stereocenters. The summed E-state index contributed by atoms with van der Waals surface area (Å²) in [4.78, 5) is 0. The standard InChI is InChI=1S/C14H20FN/c1-10-3-5-13(15)9-12(10)7-11-4-6-14(8-11)16-2/h3,5,9,11,14,16H,4,6-8H2,1-2H3. The van der Waals surface area contributed by atoms with E-state index in [1.165, 1.54) is 30.4 Å². The fourth-order valence-corrected chi connectivity index (χ4v) is 2.69. The number of aryl methyl sites for hydroxylation is 1. The summed E-state index contributed by atoms with van der Waals surface area (Å²) in [6.07, 6.45) is 4.78. The van der Waals surface area contributed by atoms with Crippen LogP contribution in [-0.2, 0) is 6.42 Å². The van der Waals surface area contributed by atoms with Gasteiger partial charge in [0.1, 0.15) is 5.82 Å². The molecule has 1 N–H and O–H groups in total. The Labute approximate surface area is 97.1 Å². The van der Waals surface area contributed by atoms with Gasteiger partial charge in [-0.15, -0.1) is 0 Å². The van der Waals surface area contributed by atoms with E-state index in [4.69, 9.17) is 0 Å². The van der Waals surface area contributed by atoms with Crippen molar-refractivity contribution in [3.8, 4) is 0 Å². The average molecular weight is 221 g/mol. The molecule has 16 heavy (non-hydrogen) atoms. The molecule has 0 spiro atoms. The third-order valence-corrected chi connectivity index (χ3v) is 3.77. The third kappa shape index (κ3) is 2.62. The van der Waals surface area contributed by atoms with Gasteiger partial charge >= 0.3 is 0 Å². The first-order valence-electron chi connectivity index (χ1n) is 6.11. The Morgan fingerprint density at radius 2 is 2.19 bits per heavy atom. The zero-order valence-electron chi connectivity index (χ0n) is 10.1. The summed E-state index contributed by atoms with van der Waals surface area (Å²) in [5.41, 5.74) is 2.40. The Hall–Kier alpha value is -0.890. The predicted molar refractivity (Wildman–Crippen MR) is 65.0 cm³/mol. The Kier molecular flexibility index (Phi) is 3.59. The number of nitrogens with one attached hydrogen (secondary N) is 1. The highest BCUT2D eigenvalue weighted by atomic mass is 19.1. The van der Waals surface area contributed by atoms with Crippen molar-refractivity contribution in [3.63, 3.8) is 0 Å². The lowest BCUT2D eigenvalue weighted by Gasteiger charge is -2.12. The van der Waals surface area contributed by atoms with Crippen LogP contribution in [0.2, 0.25) is 0 Å². The van der Waals surface area contributed by atoms with E-state index >= 15 is 0 Å². The quantitative estimate of drug-likeness (QED) is 0.827. The van der Waals surface area contributed by atoms with Crippen molar-refractivity contribution in [2.24, 2.45) is 5.92 Å². The Morgan fingerprint density at radius 1 is 1.38 bits per heavy atom. The van der Waals surface area contributed by atoms with E-state index in [1.807, 2.05) is 13.1 Å². The molecule has 0 bridgehead atoms. The van der Waals surface area contributed by atoms with Crippen LogP contribution in [0.1, 0.15) is 30.4 Å². The molecular weight excluding hydrogens is 201 g/mol. The molecule has 1 aromatic carbocycles. The van der Waals surface area contributed by atoms with E-state index in [1.54, 1.807) is 12.1 Å². The minimum Gasteiger partial charge on any atom is -0.317 e. The van der Waals surface area contributed by atoms with Gasteiger partial charge in [-0.2, -0.15) is 0 Å². The molecule has 0 aromatic heterocycles. The SMILES string of the molecule is CNC1CCC(Cc2cc(F)ccc2C)C1. The number of hydrogen-bond acceptors (Lipinski definition) is 1. The molecule has 88 valence electrons. The van der Waals surface area contributed by atoms with Gasteiger partial charge in [-0.3, -0.25) is 0 Å². The molecular formula is C14H20FN. The van der Waals surface area contributed by atoms with Crippen LogP contribution >= 0.6 is 0 Å². The van der Waals surface area contributed by atoms with Crippen molar-refractivity contribution in [2.45, 2.75) is 38.6 Å². The summed E-state index contributed by atoms with van der Waals surface area (Å²) in [6, 6.07) is 5.79. The zero-order valence-corrected chi connectivity index (χ0v) is 10.1. The first-order valence-corrected chi connectivity index (χ1v) is 6.11. The Morgan fingerprint density at radius 3 is 2.88 bits per heavy atom. The van der Waals surface area contributed by atoms with Gasteiger partial charge in [0.25, 0.3) is 0 Å². The summed E-state index contributed by atoms with van der Waals surface area (Å²) < 4.78 is 13.2. The predicted octanol–water partition coefficient (Wildman–Crippen LogP) is 3.06. The van der Waals surface area contributed by atoms with E-state index in [0.29, 0.717) is 6.04 Å². The van der Waals surface area contributed by atoms with Crippen molar-refractivity contribution in [1.82, 2.24) is 5.32 Å². The molecule has 0 radical (unpaired) electrons. The lowest BCUT2D eigenvalue weighted by Crippen LogP contribution is -2.21. The van der Waals surface area contributed by atoms with E-state index in [2.05, 4.69) is 12.2 Å². The summed E-state index contributed by atoms with van der Waals surface area (Å²) in [7, 11) is 2.03. The first-order chi connectivity index (χ1) is 7.69. The van der Waals surface area contributed by atoms with Crippen molar-refractivity contribution in [1.29, 1.82) is 0 Å². The molecule has 1 fully saturated rings.